The molecule has 0 radical (unpaired) electrons. The Balaban J connectivity index is 1.52. The van der Waals surface area contributed by atoms with Crippen molar-refractivity contribution in [1.82, 2.24) is 10.2 Å². The molecule has 7 nitrogen and oxygen atoms in total. The molecule has 3 aromatic carbocycles. The summed E-state index contributed by atoms with van der Waals surface area (Å²) in [7, 11) is 0. The molecule has 1 saturated heterocycles. The lowest BCUT2D eigenvalue weighted by atomic mass is 9.85. The molecule has 5 rings (SSSR count). The second kappa shape index (κ2) is 13.1. The van der Waals surface area contributed by atoms with Gasteiger partial charge >= 0.3 is 5.91 Å². The minimum atomic E-state index is -0.866. The third kappa shape index (κ3) is 6.84. The molecule has 222 valence electrons. The molecule has 2 heterocycles. The van der Waals surface area contributed by atoms with E-state index in [4.69, 9.17) is 4.74 Å². The first-order chi connectivity index (χ1) is 20.7. The summed E-state index contributed by atoms with van der Waals surface area (Å²) in [5.41, 5.74) is 3.32. The van der Waals surface area contributed by atoms with Crippen LogP contribution in [0.1, 0.15) is 68.8 Å². The normalized spacial score (nSPS) is 16.6. The fourth-order valence-electron chi connectivity index (χ4n) is 4.79. The molecule has 1 N–H and O–H groups in total. The average molecular weight is 614 g/mol. The van der Waals surface area contributed by atoms with E-state index in [9.17, 15) is 14.7 Å². The molecule has 9 heteroatoms. The Hall–Kier alpha value is -3.95. The number of unbranched alkanes of at least 4 members (excludes halogenated alkanes) is 1. The number of Topliss-reactive ketones (excluding diaryl/α,β-unsaturated/α-hetero) is 1. The Bertz CT molecular complexity index is 1610. The summed E-state index contributed by atoms with van der Waals surface area (Å²) >= 11 is 2.77. The fraction of sp³-hybridized carbons (Fsp3) is 0.294. The van der Waals surface area contributed by atoms with Crippen molar-refractivity contribution in [2.75, 3.05) is 11.5 Å². The van der Waals surface area contributed by atoms with E-state index in [2.05, 4.69) is 37.9 Å². The van der Waals surface area contributed by atoms with Crippen molar-refractivity contribution in [3.63, 3.8) is 0 Å². The van der Waals surface area contributed by atoms with Crippen LogP contribution in [0.3, 0.4) is 0 Å². The maximum absolute atomic E-state index is 13.6. The summed E-state index contributed by atoms with van der Waals surface area (Å²) in [5, 5.41) is 20.5. The molecule has 1 aliphatic rings. The van der Waals surface area contributed by atoms with Crippen LogP contribution in [0, 0.1) is 0 Å². The second-order valence-electron chi connectivity index (χ2n) is 11.4. The Morgan fingerprint density at radius 3 is 2.33 bits per heavy atom. The summed E-state index contributed by atoms with van der Waals surface area (Å²) in [6.45, 7) is 9.07. The van der Waals surface area contributed by atoms with E-state index < -0.39 is 17.7 Å². The maximum atomic E-state index is 13.6. The molecule has 43 heavy (non-hydrogen) atoms. The predicted octanol–water partition coefficient (Wildman–Crippen LogP) is 7.93. The maximum Gasteiger partial charge on any atom is 0.301 e. The Morgan fingerprint density at radius 2 is 1.67 bits per heavy atom. The van der Waals surface area contributed by atoms with Crippen molar-refractivity contribution in [3.8, 4) is 5.75 Å². The number of ether oxygens (including phenoxy) is 1. The van der Waals surface area contributed by atoms with Crippen LogP contribution in [-0.4, -0.2) is 33.6 Å². The molecule has 1 atom stereocenters. The zero-order chi connectivity index (χ0) is 30.6. The molecule has 1 unspecified atom stereocenters. The van der Waals surface area contributed by atoms with Gasteiger partial charge in [-0.1, -0.05) is 112 Å². The smallest absolute Gasteiger partial charge is 0.301 e. The highest BCUT2D eigenvalue weighted by Gasteiger charge is 2.48. The number of hydrogen-bond donors (Lipinski definition) is 1. The number of nitrogens with zero attached hydrogens (tertiary/aromatic N) is 3. The Kier molecular flexibility index (Phi) is 9.32. The molecule has 4 aromatic rings. The minimum Gasteiger partial charge on any atom is -0.507 e. The van der Waals surface area contributed by atoms with Gasteiger partial charge in [0.25, 0.3) is 5.78 Å². The molecular weight excluding hydrogens is 579 g/mol. The van der Waals surface area contributed by atoms with Gasteiger partial charge in [-0.25, -0.2) is 0 Å². The van der Waals surface area contributed by atoms with Gasteiger partial charge in [-0.05, 0) is 52.8 Å². The van der Waals surface area contributed by atoms with Crippen molar-refractivity contribution >= 4 is 45.7 Å². The molecule has 1 aromatic heterocycles. The van der Waals surface area contributed by atoms with E-state index in [1.807, 2.05) is 54.6 Å². The number of thioether (sulfide) groups is 1. The number of carbonyl (C=O) groups is 2. The second-order valence-corrected chi connectivity index (χ2v) is 13.6. The largest absolute Gasteiger partial charge is 0.507 e. The fourth-order valence-corrected chi connectivity index (χ4v) is 6.61. The SMILES string of the molecule is CCCCOc1ccc(/C(O)=C2\C(=O)C(=O)N(c3nnc(SCc4ccccc4)s3)C2c2ccc(C(C)(C)C)cc2)cc1. The lowest BCUT2D eigenvalue weighted by Crippen LogP contribution is -2.29. The van der Waals surface area contributed by atoms with Gasteiger partial charge in [-0.2, -0.15) is 0 Å². The van der Waals surface area contributed by atoms with Crippen LogP contribution < -0.4 is 9.64 Å². The van der Waals surface area contributed by atoms with Crippen LogP contribution in [-0.2, 0) is 20.8 Å². The van der Waals surface area contributed by atoms with Gasteiger partial charge in [0.1, 0.15) is 11.5 Å². The first kappa shape index (κ1) is 30.5. The highest BCUT2D eigenvalue weighted by Crippen LogP contribution is 2.44. The van der Waals surface area contributed by atoms with Crippen LogP contribution in [0.4, 0.5) is 5.13 Å². The summed E-state index contributed by atoms with van der Waals surface area (Å²) < 4.78 is 6.44. The molecule has 1 fully saturated rings. The quantitative estimate of drug-likeness (QED) is 0.0485. The van der Waals surface area contributed by atoms with Crippen molar-refractivity contribution in [2.45, 2.75) is 62.1 Å². The monoisotopic (exact) mass is 613 g/mol. The predicted molar refractivity (Wildman–Crippen MR) is 173 cm³/mol. The summed E-state index contributed by atoms with van der Waals surface area (Å²) in [6, 6.07) is 23.9. The lowest BCUT2D eigenvalue weighted by molar-refractivity contribution is -0.132. The third-order valence-corrected chi connectivity index (χ3v) is 9.37. The van der Waals surface area contributed by atoms with Crippen LogP contribution in [0.15, 0.2) is 88.8 Å². The minimum absolute atomic E-state index is 0.0156. The standard InChI is InChI=1S/C34H35N3O4S2/c1-5-6-20-41-26-18-14-24(15-19-26)29(38)27-28(23-12-16-25(17-13-23)34(2,3)4)37(31(40)30(27)39)32-35-36-33(43-32)42-21-22-10-8-7-9-11-22/h7-19,28,38H,5-6,20-21H2,1-4H3/b29-27+. The summed E-state index contributed by atoms with van der Waals surface area (Å²) in [6.07, 6.45) is 1.97. The van der Waals surface area contributed by atoms with Gasteiger partial charge < -0.3 is 9.84 Å². The highest BCUT2D eigenvalue weighted by molar-refractivity contribution is 8.00. The first-order valence-corrected chi connectivity index (χ1v) is 16.1. The van der Waals surface area contributed by atoms with Crippen molar-refractivity contribution in [1.29, 1.82) is 0 Å². The number of aliphatic hydroxyl groups excluding tert-OH is 1. The van der Waals surface area contributed by atoms with E-state index in [1.165, 1.54) is 28.0 Å². The number of rotatable bonds is 10. The first-order valence-electron chi connectivity index (χ1n) is 14.3. The molecular formula is C34H35N3O4S2. The number of benzene rings is 3. The van der Waals surface area contributed by atoms with Gasteiger partial charge in [0.2, 0.25) is 5.13 Å². The van der Waals surface area contributed by atoms with Crippen molar-refractivity contribution in [3.05, 3.63) is 107 Å². The zero-order valence-corrected chi connectivity index (χ0v) is 26.4. The number of aromatic nitrogens is 2. The molecule has 0 aliphatic carbocycles. The van der Waals surface area contributed by atoms with E-state index in [1.54, 1.807) is 24.3 Å². The van der Waals surface area contributed by atoms with Crippen LogP contribution in [0.25, 0.3) is 5.76 Å². The lowest BCUT2D eigenvalue weighted by Gasteiger charge is -2.24. The van der Waals surface area contributed by atoms with Crippen molar-refractivity contribution < 1.29 is 19.4 Å². The van der Waals surface area contributed by atoms with E-state index in [0.29, 0.717) is 38.7 Å². The van der Waals surface area contributed by atoms with Gasteiger partial charge in [0.15, 0.2) is 4.34 Å². The molecule has 0 saturated carbocycles. The van der Waals surface area contributed by atoms with Crippen LogP contribution >= 0.6 is 23.1 Å². The number of anilines is 1. The Morgan fingerprint density at radius 1 is 0.977 bits per heavy atom. The van der Waals surface area contributed by atoms with Crippen molar-refractivity contribution in [2.24, 2.45) is 0 Å². The van der Waals surface area contributed by atoms with Gasteiger partial charge in [0, 0.05) is 11.3 Å². The number of carbonyl (C=O) groups excluding carboxylic acids is 2. The Labute approximate surface area is 260 Å². The molecule has 0 spiro atoms. The summed E-state index contributed by atoms with van der Waals surface area (Å²) in [4.78, 5) is 28.6. The van der Waals surface area contributed by atoms with Gasteiger partial charge in [-0.15, -0.1) is 10.2 Å². The number of aliphatic hydroxyl groups is 1. The van der Waals surface area contributed by atoms with Gasteiger partial charge in [-0.3, -0.25) is 14.5 Å². The van der Waals surface area contributed by atoms with Gasteiger partial charge in [0.05, 0.1) is 18.2 Å². The van der Waals surface area contributed by atoms with Crippen LogP contribution in [0.2, 0.25) is 0 Å². The van der Waals surface area contributed by atoms with Crippen LogP contribution in [0.5, 0.6) is 5.75 Å². The number of hydrogen-bond acceptors (Lipinski definition) is 8. The zero-order valence-electron chi connectivity index (χ0n) is 24.7. The number of ketones is 1. The summed E-state index contributed by atoms with van der Waals surface area (Å²) in [5.74, 6) is -0.381. The highest BCUT2D eigenvalue weighted by atomic mass is 32.2. The topological polar surface area (TPSA) is 92.6 Å². The average Bonchev–Trinajstić information content (AvgIpc) is 3.58. The number of amides is 1. The van der Waals surface area contributed by atoms with E-state index in [0.717, 1.165) is 24.0 Å². The molecule has 0 bridgehead atoms. The van der Waals surface area contributed by atoms with E-state index >= 15 is 0 Å². The van der Waals surface area contributed by atoms with E-state index in [-0.39, 0.29) is 16.7 Å². The molecule has 1 amide bonds. The third-order valence-electron chi connectivity index (χ3n) is 7.24. The molecule has 1 aliphatic heterocycles.